The van der Waals surface area contributed by atoms with Crippen LogP contribution < -0.4 is 0 Å². The molecule has 7 heteroatoms. The fourth-order valence-electron chi connectivity index (χ4n) is 2.59. The molecule has 0 bridgehead atoms. The van der Waals surface area contributed by atoms with E-state index >= 15 is 0 Å². The summed E-state index contributed by atoms with van der Waals surface area (Å²) in [6.45, 7) is 28.3. The molecule has 0 aromatic heterocycles. The van der Waals surface area contributed by atoms with E-state index in [1.807, 2.05) is 0 Å². The maximum atomic E-state index is 11.9. The second kappa shape index (κ2) is 12.5. The van der Waals surface area contributed by atoms with E-state index in [-0.39, 0.29) is 35.2 Å². The topological polar surface area (TPSA) is 54.0 Å². The highest BCUT2D eigenvalue weighted by Gasteiger charge is 2.45. The van der Waals surface area contributed by atoms with Gasteiger partial charge in [-0.1, -0.05) is 47.6 Å². The summed E-state index contributed by atoms with van der Waals surface area (Å²) in [6, 6.07) is 0. The van der Waals surface area contributed by atoms with E-state index < -0.39 is 28.8 Å². The molecule has 5 nitrogen and oxygen atoms in total. The van der Waals surface area contributed by atoms with Crippen LogP contribution in [0, 0.1) is 12.3 Å². The fourth-order valence-corrected chi connectivity index (χ4v) is 5.18. The standard InChI is InChI=1S/C25H48O5Si2/c1-14-17-21(30-32(12,13)25(7,8)9)23(28-19-18-22(26)27-16-3)20(15-2)29-31(10,11)24(4,5)6/h1,15,20-21,23H,2,16-19H2,3-13H3/t20-,21-,23-/m1/s1. The third-order valence-electron chi connectivity index (χ3n) is 6.65. The zero-order chi connectivity index (χ0) is 25.4. The molecule has 0 heterocycles. The Hall–Kier alpha value is -0.916. The molecule has 0 radical (unpaired) electrons. The maximum absolute atomic E-state index is 11.9. The van der Waals surface area contributed by atoms with Crippen LogP contribution in [0.1, 0.15) is 61.3 Å². The Labute approximate surface area is 199 Å². The van der Waals surface area contributed by atoms with Crippen molar-refractivity contribution in [2.24, 2.45) is 0 Å². The number of carbonyl (C=O) groups excluding carboxylic acids is 1. The van der Waals surface area contributed by atoms with Crippen LogP contribution >= 0.6 is 0 Å². The first-order valence-corrected chi connectivity index (χ1v) is 17.4. The lowest BCUT2D eigenvalue weighted by Crippen LogP contribution is -2.53. The van der Waals surface area contributed by atoms with Crippen LogP contribution in [-0.4, -0.2) is 54.1 Å². The van der Waals surface area contributed by atoms with Gasteiger partial charge in [0.25, 0.3) is 0 Å². The summed E-state index contributed by atoms with van der Waals surface area (Å²) >= 11 is 0. The Kier molecular flexibility index (Phi) is 12.2. The fraction of sp³-hybridized carbons (Fsp3) is 0.800. The monoisotopic (exact) mass is 484 g/mol. The van der Waals surface area contributed by atoms with Crippen LogP contribution in [-0.2, 0) is 23.1 Å². The van der Waals surface area contributed by atoms with E-state index in [9.17, 15) is 4.79 Å². The molecule has 0 fully saturated rings. The summed E-state index contributed by atoms with van der Waals surface area (Å²) < 4.78 is 24.7. The summed E-state index contributed by atoms with van der Waals surface area (Å²) in [7, 11) is -4.27. The van der Waals surface area contributed by atoms with E-state index in [0.717, 1.165) is 0 Å². The van der Waals surface area contributed by atoms with Gasteiger partial charge < -0.3 is 18.3 Å². The summed E-state index contributed by atoms with van der Waals surface area (Å²) in [5, 5.41) is 0.0327. The number of hydrogen-bond acceptors (Lipinski definition) is 5. The smallest absolute Gasteiger partial charge is 0.308 e. The van der Waals surface area contributed by atoms with Crippen molar-refractivity contribution >= 4 is 22.6 Å². The van der Waals surface area contributed by atoms with Crippen LogP contribution in [0.5, 0.6) is 0 Å². The molecule has 0 aromatic rings. The molecule has 0 aromatic carbocycles. The predicted octanol–water partition coefficient (Wildman–Crippen LogP) is 6.31. The lowest BCUT2D eigenvalue weighted by Gasteiger charge is -2.44. The van der Waals surface area contributed by atoms with E-state index in [0.29, 0.717) is 13.0 Å². The number of ether oxygens (including phenoxy) is 2. The highest BCUT2D eigenvalue weighted by Crippen LogP contribution is 2.40. The van der Waals surface area contributed by atoms with Gasteiger partial charge in [-0.2, -0.15) is 0 Å². The molecule has 0 spiro atoms. The van der Waals surface area contributed by atoms with Gasteiger partial charge in [0.1, 0.15) is 6.10 Å². The molecule has 0 aliphatic carbocycles. The molecule has 0 unspecified atom stereocenters. The SMILES string of the molecule is C#CC[C@@H](O[Si](C)(C)C(C)(C)C)[C@H](OCCC(=O)OCC)[C@@H](C=C)O[Si](C)(C)C(C)(C)C. The Morgan fingerprint density at radius 1 is 1.03 bits per heavy atom. The number of hydrogen-bond donors (Lipinski definition) is 0. The molecule has 0 N–H and O–H groups in total. The van der Waals surface area contributed by atoms with Crippen LogP contribution in [0.15, 0.2) is 12.7 Å². The molecule has 0 saturated heterocycles. The van der Waals surface area contributed by atoms with Gasteiger partial charge in [-0.05, 0) is 43.2 Å². The Morgan fingerprint density at radius 3 is 1.94 bits per heavy atom. The van der Waals surface area contributed by atoms with Crippen molar-refractivity contribution in [3.05, 3.63) is 12.7 Å². The van der Waals surface area contributed by atoms with Gasteiger partial charge in [-0.15, -0.1) is 18.9 Å². The lowest BCUT2D eigenvalue weighted by molar-refractivity contribution is -0.146. The molecule has 0 amide bonds. The van der Waals surface area contributed by atoms with Gasteiger partial charge in [0.05, 0.1) is 31.8 Å². The third kappa shape index (κ3) is 9.52. The van der Waals surface area contributed by atoms with Gasteiger partial charge in [0.2, 0.25) is 0 Å². The normalized spacial score (nSPS) is 16.1. The van der Waals surface area contributed by atoms with Crippen molar-refractivity contribution in [3.8, 4) is 12.3 Å². The Bertz CT molecular complexity index is 638. The van der Waals surface area contributed by atoms with Crippen molar-refractivity contribution in [3.63, 3.8) is 0 Å². The average molecular weight is 485 g/mol. The van der Waals surface area contributed by atoms with E-state index in [1.54, 1.807) is 13.0 Å². The summed E-state index contributed by atoms with van der Waals surface area (Å²) in [4.78, 5) is 11.9. The third-order valence-corrected chi connectivity index (χ3v) is 15.6. The van der Waals surface area contributed by atoms with Gasteiger partial charge in [0.15, 0.2) is 16.6 Å². The van der Waals surface area contributed by atoms with Crippen molar-refractivity contribution in [2.45, 2.75) is 116 Å². The molecule has 0 aliphatic rings. The van der Waals surface area contributed by atoms with E-state index in [4.69, 9.17) is 24.7 Å². The zero-order valence-electron chi connectivity index (χ0n) is 22.5. The van der Waals surface area contributed by atoms with Crippen LogP contribution in [0.25, 0.3) is 0 Å². The second-order valence-electron chi connectivity index (χ2n) is 11.3. The van der Waals surface area contributed by atoms with Gasteiger partial charge >= 0.3 is 5.97 Å². The van der Waals surface area contributed by atoms with E-state index in [1.165, 1.54) is 0 Å². The quantitative estimate of drug-likeness (QED) is 0.133. The Balaban J connectivity index is 5.99. The maximum Gasteiger partial charge on any atom is 0.308 e. The van der Waals surface area contributed by atoms with Crippen LogP contribution in [0.4, 0.5) is 0 Å². The van der Waals surface area contributed by atoms with Gasteiger partial charge in [-0.3, -0.25) is 4.79 Å². The number of esters is 1. The van der Waals surface area contributed by atoms with Gasteiger partial charge in [-0.25, -0.2) is 0 Å². The molecule has 0 aliphatic heterocycles. The molecule has 0 saturated carbocycles. The number of rotatable bonds is 13. The summed E-state index contributed by atoms with van der Waals surface area (Å²) in [5.74, 6) is 2.47. The molecule has 32 heavy (non-hydrogen) atoms. The summed E-state index contributed by atoms with van der Waals surface area (Å²) in [5.41, 5.74) is 0. The Morgan fingerprint density at radius 2 is 1.53 bits per heavy atom. The second-order valence-corrected chi connectivity index (χ2v) is 20.8. The lowest BCUT2D eigenvalue weighted by atomic mass is 10.1. The first kappa shape index (κ1) is 31.1. The predicted molar refractivity (Wildman–Crippen MR) is 139 cm³/mol. The van der Waals surface area contributed by atoms with Crippen molar-refractivity contribution in [1.82, 2.24) is 0 Å². The molecular formula is C25H48O5Si2. The van der Waals surface area contributed by atoms with Crippen LogP contribution in [0.3, 0.4) is 0 Å². The number of terminal acetylenes is 1. The highest BCUT2D eigenvalue weighted by atomic mass is 28.4. The van der Waals surface area contributed by atoms with Crippen molar-refractivity contribution in [1.29, 1.82) is 0 Å². The van der Waals surface area contributed by atoms with Gasteiger partial charge in [0, 0.05) is 6.42 Å². The first-order chi connectivity index (χ1) is 14.4. The molecule has 186 valence electrons. The zero-order valence-corrected chi connectivity index (χ0v) is 24.5. The van der Waals surface area contributed by atoms with Crippen molar-refractivity contribution < 1.29 is 23.1 Å². The molecule has 3 atom stereocenters. The van der Waals surface area contributed by atoms with E-state index in [2.05, 4.69) is 80.2 Å². The van der Waals surface area contributed by atoms with Crippen LogP contribution in [0.2, 0.25) is 36.3 Å². The minimum Gasteiger partial charge on any atom is -0.466 e. The molecular weight excluding hydrogens is 436 g/mol. The minimum atomic E-state index is -2.14. The number of carbonyl (C=O) groups is 1. The highest BCUT2D eigenvalue weighted by molar-refractivity contribution is 6.74. The summed E-state index contributed by atoms with van der Waals surface area (Å²) in [6.07, 6.45) is 6.85. The van der Waals surface area contributed by atoms with Crippen molar-refractivity contribution in [2.75, 3.05) is 13.2 Å². The molecule has 0 rings (SSSR count). The first-order valence-electron chi connectivity index (χ1n) is 11.6. The minimum absolute atomic E-state index is 0.0132. The average Bonchev–Trinajstić information content (AvgIpc) is 2.61. The largest absolute Gasteiger partial charge is 0.466 e.